The number of nitrogens with one attached hydrogen (secondary N) is 1. The molecule has 1 fully saturated rings. The van der Waals surface area contributed by atoms with Crippen LogP contribution in [0.2, 0.25) is 0 Å². The van der Waals surface area contributed by atoms with Crippen LogP contribution in [0.1, 0.15) is 13.8 Å². The number of nitrogens with zero attached hydrogens (tertiary/aromatic N) is 1. The lowest BCUT2D eigenvalue weighted by molar-refractivity contribution is -0.140. The van der Waals surface area contributed by atoms with E-state index >= 15 is 0 Å². The summed E-state index contributed by atoms with van der Waals surface area (Å²) >= 11 is 0. The average molecular weight is 272 g/mol. The zero-order valence-electron chi connectivity index (χ0n) is 12.1. The Morgan fingerprint density at radius 2 is 1.95 bits per heavy atom. The van der Waals surface area contributed by atoms with Gasteiger partial charge >= 0.3 is 5.97 Å². The van der Waals surface area contributed by atoms with Gasteiger partial charge in [0.2, 0.25) is 5.91 Å². The Hall–Kier alpha value is -1.14. The van der Waals surface area contributed by atoms with Crippen LogP contribution >= 0.6 is 0 Å². The van der Waals surface area contributed by atoms with E-state index in [2.05, 4.69) is 10.2 Å². The van der Waals surface area contributed by atoms with Crippen molar-refractivity contribution in [2.24, 2.45) is 17.3 Å². The van der Waals surface area contributed by atoms with Gasteiger partial charge in [0.15, 0.2) is 0 Å². The molecule has 0 aromatic carbocycles. The third kappa shape index (κ3) is 3.91. The zero-order chi connectivity index (χ0) is 14.6. The van der Waals surface area contributed by atoms with Crippen LogP contribution in [-0.4, -0.2) is 62.3 Å². The first-order valence-electron chi connectivity index (χ1n) is 6.50. The summed E-state index contributed by atoms with van der Waals surface area (Å²) in [6.07, 6.45) is 0. The van der Waals surface area contributed by atoms with Gasteiger partial charge in [-0.25, -0.2) is 0 Å². The van der Waals surface area contributed by atoms with Crippen molar-refractivity contribution in [2.45, 2.75) is 13.8 Å². The summed E-state index contributed by atoms with van der Waals surface area (Å²) in [5.41, 5.74) is -0.433. The molecule has 0 aromatic heterocycles. The monoisotopic (exact) mass is 272 g/mol. The third-order valence-electron chi connectivity index (χ3n) is 3.85. The molecule has 1 amide bonds. The largest absolute Gasteiger partial charge is 0.481 e. The van der Waals surface area contributed by atoms with E-state index in [4.69, 9.17) is 9.84 Å². The molecular weight excluding hydrogens is 248 g/mol. The highest BCUT2D eigenvalue weighted by Gasteiger charge is 2.65. The lowest BCUT2D eigenvalue weighted by atomic mass is 10.1. The third-order valence-corrected chi connectivity index (χ3v) is 3.85. The highest BCUT2D eigenvalue weighted by atomic mass is 16.5. The summed E-state index contributed by atoms with van der Waals surface area (Å²) in [6, 6.07) is 0. The molecule has 0 heterocycles. The highest BCUT2D eigenvalue weighted by molar-refractivity contribution is 5.91. The summed E-state index contributed by atoms with van der Waals surface area (Å²) in [7, 11) is 3.60. The molecule has 0 aliphatic heterocycles. The van der Waals surface area contributed by atoms with Crippen LogP contribution in [0, 0.1) is 17.3 Å². The van der Waals surface area contributed by atoms with E-state index in [-0.39, 0.29) is 5.91 Å². The smallest absolute Gasteiger partial charge is 0.307 e. The molecule has 6 nitrogen and oxygen atoms in total. The Balaban J connectivity index is 2.28. The molecule has 0 saturated heterocycles. The fourth-order valence-electron chi connectivity index (χ4n) is 2.43. The van der Waals surface area contributed by atoms with Crippen molar-refractivity contribution in [3.05, 3.63) is 0 Å². The normalized spacial score (nSPS) is 24.3. The number of carbonyl (C=O) groups is 2. The van der Waals surface area contributed by atoms with E-state index in [0.717, 1.165) is 13.1 Å². The minimum atomic E-state index is -0.887. The van der Waals surface area contributed by atoms with Gasteiger partial charge in [0.05, 0.1) is 18.4 Å². The molecule has 1 aliphatic carbocycles. The second-order valence-electron chi connectivity index (χ2n) is 5.70. The first-order valence-corrected chi connectivity index (χ1v) is 6.50. The van der Waals surface area contributed by atoms with Gasteiger partial charge in [-0.2, -0.15) is 0 Å². The molecule has 0 spiro atoms. The SMILES string of the molecule is COCCN(C)CCNC(=O)C1C(C(=O)O)C1(C)C. The molecule has 2 atom stereocenters. The number of ether oxygens (including phenoxy) is 1. The number of hydrogen-bond donors (Lipinski definition) is 2. The topological polar surface area (TPSA) is 78.9 Å². The Morgan fingerprint density at radius 3 is 2.42 bits per heavy atom. The minimum Gasteiger partial charge on any atom is -0.481 e. The molecule has 2 N–H and O–H groups in total. The van der Waals surface area contributed by atoms with Gasteiger partial charge in [-0.1, -0.05) is 13.8 Å². The zero-order valence-corrected chi connectivity index (χ0v) is 12.1. The van der Waals surface area contributed by atoms with E-state index in [1.165, 1.54) is 0 Å². The van der Waals surface area contributed by atoms with Crippen molar-refractivity contribution in [1.82, 2.24) is 10.2 Å². The van der Waals surface area contributed by atoms with Crippen molar-refractivity contribution in [3.8, 4) is 0 Å². The summed E-state index contributed by atoms with van der Waals surface area (Å²) in [6.45, 7) is 6.35. The van der Waals surface area contributed by atoms with Crippen LogP contribution < -0.4 is 5.32 Å². The van der Waals surface area contributed by atoms with E-state index in [0.29, 0.717) is 13.2 Å². The van der Waals surface area contributed by atoms with Crippen molar-refractivity contribution in [3.63, 3.8) is 0 Å². The maximum absolute atomic E-state index is 11.9. The number of carboxylic acid groups (broad SMARTS) is 1. The highest BCUT2D eigenvalue weighted by Crippen LogP contribution is 2.58. The van der Waals surface area contributed by atoms with E-state index in [9.17, 15) is 9.59 Å². The van der Waals surface area contributed by atoms with E-state index in [1.54, 1.807) is 7.11 Å². The number of methoxy groups -OCH3 is 1. The van der Waals surface area contributed by atoms with Gasteiger partial charge in [0.25, 0.3) is 0 Å². The van der Waals surface area contributed by atoms with Gasteiger partial charge in [-0.3, -0.25) is 9.59 Å². The van der Waals surface area contributed by atoms with Gasteiger partial charge in [-0.05, 0) is 12.5 Å². The molecule has 0 aromatic rings. The van der Waals surface area contributed by atoms with Crippen LogP contribution in [0.4, 0.5) is 0 Å². The Labute approximate surface area is 114 Å². The molecule has 6 heteroatoms. The Bertz CT molecular complexity index is 344. The molecule has 1 aliphatic rings. The molecule has 2 unspecified atom stereocenters. The quantitative estimate of drug-likeness (QED) is 0.652. The summed E-state index contributed by atoms with van der Waals surface area (Å²) in [5.74, 6) is -2.01. The Morgan fingerprint density at radius 1 is 1.32 bits per heavy atom. The fraction of sp³-hybridized carbons (Fsp3) is 0.846. The van der Waals surface area contributed by atoms with Gasteiger partial charge in [0.1, 0.15) is 0 Å². The first-order chi connectivity index (χ1) is 8.82. The van der Waals surface area contributed by atoms with Crippen LogP contribution in [0.25, 0.3) is 0 Å². The predicted molar refractivity (Wildman–Crippen MR) is 70.8 cm³/mol. The number of amides is 1. The average Bonchev–Trinajstić information content (AvgIpc) is 2.89. The lowest BCUT2D eigenvalue weighted by Crippen LogP contribution is -2.35. The standard InChI is InChI=1S/C13H24N2O4/c1-13(2)9(10(13)12(17)18)11(16)14-5-6-15(3)7-8-19-4/h9-10H,5-8H2,1-4H3,(H,14,16)(H,17,18). The van der Waals surface area contributed by atoms with Gasteiger partial charge < -0.3 is 20.1 Å². The number of carboxylic acids is 1. The number of rotatable bonds is 8. The molecule has 0 bridgehead atoms. The number of carbonyl (C=O) groups excluding carboxylic acids is 1. The van der Waals surface area contributed by atoms with Crippen LogP contribution in [0.5, 0.6) is 0 Å². The molecule has 19 heavy (non-hydrogen) atoms. The first kappa shape index (κ1) is 15.9. The van der Waals surface area contributed by atoms with E-state index < -0.39 is 23.2 Å². The van der Waals surface area contributed by atoms with Crippen molar-refractivity contribution < 1.29 is 19.4 Å². The van der Waals surface area contributed by atoms with Crippen LogP contribution in [0.15, 0.2) is 0 Å². The summed E-state index contributed by atoms with van der Waals surface area (Å²) < 4.78 is 4.96. The van der Waals surface area contributed by atoms with Crippen LogP contribution in [-0.2, 0) is 14.3 Å². The Kier molecular flexibility index (Phi) is 5.31. The number of aliphatic carboxylic acids is 1. The molecule has 1 rings (SSSR count). The summed E-state index contributed by atoms with van der Waals surface area (Å²) in [4.78, 5) is 25.0. The maximum atomic E-state index is 11.9. The number of hydrogen-bond acceptors (Lipinski definition) is 4. The number of likely N-dealkylation sites (N-methyl/N-ethyl adjacent to an activating group) is 1. The lowest BCUT2D eigenvalue weighted by Gasteiger charge is -2.16. The summed E-state index contributed by atoms with van der Waals surface area (Å²) in [5, 5.41) is 11.8. The predicted octanol–water partition coefficient (Wildman–Crippen LogP) is 0.0376. The second-order valence-corrected chi connectivity index (χ2v) is 5.70. The fourth-order valence-corrected chi connectivity index (χ4v) is 2.43. The van der Waals surface area contributed by atoms with Gasteiger partial charge in [0, 0.05) is 26.7 Å². The van der Waals surface area contributed by atoms with E-state index in [1.807, 2.05) is 20.9 Å². The molecule has 1 saturated carbocycles. The minimum absolute atomic E-state index is 0.155. The van der Waals surface area contributed by atoms with Crippen LogP contribution in [0.3, 0.4) is 0 Å². The van der Waals surface area contributed by atoms with Crippen molar-refractivity contribution >= 4 is 11.9 Å². The molecule has 110 valence electrons. The molecular formula is C13H24N2O4. The van der Waals surface area contributed by atoms with Gasteiger partial charge in [-0.15, -0.1) is 0 Å². The molecule has 0 radical (unpaired) electrons. The second kappa shape index (κ2) is 6.34. The van der Waals surface area contributed by atoms with Crippen molar-refractivity contribution in [2.75, 3.05) is 40.4 Å². The van der Waals surface area contributed by atoms with Crippen molar-refractivity contribution in [1.29, 1.82) is 0 Å². The maximum Gasteiger partial charge on any atom is 0.307 e.